The molecule has 1 saturated heterocycles. The first kappa shape index (κ1) is 13.4. The van der Waals surface area contributed by atoms with Gasteiger partial charge in [-0.25, -0.2) is 4.79 Å². The second-order valence-corrected chi connectivity index (χ2v) is 5.60. The molecule has 1 heterocycles. The Morgan fingerprint density at radius 1 is 1.05 bits per heavy atom. The summed E-state index contributed by atoms with van der Waals surface area (Å²) in [7, 11) is 0. The van der Waals surface area contributed by atoms with E-state index in [9.17, 15) is 4.79 Å². The standard InChI is InChI=1S/C16H22N2O2/c19-16(18-10-3-8-17-9-11-18)20-15-7-6-13-4-1-2-5-14(13)12-15/h6-7,12,17H,1-5,8-11H2. The monoisotopic (exact) mass is 274 g/mol. The quantitative estimate of drug-likeness (QED) is 0.854. The highest BCUT2D eigenvalue weighted by Gasteiger charge is 2.18. The molecule has 1 aromatic rings. The third-order valence-corrected chi connectivity index (χ3v) is 4.12. The highest BCUT2D eigenvalue weighted by atomic mass is 16.6. The number of benzene rings is 1. The molecule has 4 heteroatoms. The predicted octanol–water partition coefficient (Wildman–Crippen LogP) is 2.36. The lowest BCUT2D eigenvalue weighted by Crippen LogP contribution is -2.36. The van der Waals surface area contributed by atoms with Crippen LogP contribution >= 0.6 is 0 Å². The van der Waals surface area contributed by atoms with Crippen LogP contribution in [0.5, 0.6) is 5.75 Å². The van der Waals surface area contributed by atoms with Crippen molar-refractivity contribution in [3.8, 4) is 5.75 Å². The normalized spacial score (nSPS) is 19.1. The van der Waals surface area contributed by atoms with Gasteiger partial charge in [-0.15, -0.1) is 0 Å². The zero-order valence-corrected chi connectivity index (χ0v) is 11.9. The van der Waals surface area contributed by atoms with Gasteiger partial charge < -0.3 is 15.0 Å². The fourth-order valence-electron chi connectivity index (χ4n) is 2.97. The zero-order chi connectivity index (χ0) is 13.8. The van der Waals surface area contributed by atoms with Crippen molar-refractivity contribution in [2.45, 2.75) is 32.1 Å². The lowest BCUT2D eigenvalue weighted by atomic mass is 9.92. The minimum absolute atomic E-state index is 0.218. The van der Waals surface area contributed by atoms with E-state index in [1.807, 2.05) is 12.1 Å². The van der Waals surface area contributed by atoms with Crippen LogP contribution in [0, 0.1) is 0 Å². The van der Waals surface area contributed by atoms with Crippen LogP contribution < -0.4 is 10.1 Å². The number of aryl methyl sites for hydroxylation is 2. The van der Waals surface area contributed by atoms with E-state index in [1.165, 1.54) is 24.0 Å². The van der Waals surface area contributed by atoms with Crippen molar-refractivity contribution in [2.24, 2.45) is 0 Å². The van der Waals surface area contributed by atoms with E-state index in [0.717, 1.165) is 45.4 Å². The van der Waals surface area contributed by atoms with Crippen LogP contribution in [0.2, 0.25) is 0 Å². The number of rotatable bonds is 1. The lowest BCUT2D eigenvalue weighted by molar-refractivity contribution is 0.155. The maximum atomic E-state index is 12.2. The van der Waals surface area contributed by atoms with Gasteiger partial charge in [0.25, 0.3) is 0 Å². The molecule has 4 nitrogen and oxygen atoms in total. The van der Waals surface area contributed by atoms with Crippen LogP contribution in [0.3, 0.4) is 0 Å². The molecule has 20 heavy (non-hydrogen) atoms. The summed E-state index contributed by atoms with van der Waals surface area (Å²) in [4.78, 5) is 14.0. The number of nitrogens with one attached hydrogen (secondary N) is 1. The van der Waals surface area contributed by atoms with E-state index in [4.69, 9.17) is 4.74 Å². The van der Waals surface area contributed by atoms with Crippen molar-refractivity contribution in [3.63, 3.8) is 0 Å². The van der Waals surface area contributed by atoms with Crippen LogP contribution in [0.15, 0.2) is 18.2 Å². The van der Waals surface area contributed by atoms with Crippen molar-refractivity contribution >= 4 is 6.09 Å². The molecular formula is C16H22N2O2. The average Bonchev–Trinajstić information content (AvgIpc) is 2.76. The molecule has 1 amide bonds. The molecule has 1 fully saturated rings. The molecular weight excluding hydrogens is 252 g/mol. The summed E-state index contributed by atoms with van der Waals surface area (Å²) in [6, 6.07) is 6.08. The minimum Gasteiger partial charge on any atom is -0.410 e. The van der Waals surface area contributed by atoms with Crippen LogP contribution in [0.25, 0.3) is 0 Å². The second kappa shape index (κ2) is 6.27. The molecule has 0 spiro atoms. The molecule has 0 unspecified atom stereocenters. The Labute approximate surface area is 120 Å². The molecule has 0 saturated carbocycles. The molecule has 0 atom stereocenters. The molecule has 3 rings (SSSR count). The van der Waals surface area contributed by atoms with E-state index in [-0.39, 0.29) is 6.09 Å². The van der Waals surface area contributed by atoms with Crippen LogP contribution in [0.1, 0.15) is 30.4 Å². The van der Waals surface area contributed by atoms with Crippen LogP contribution in [-0.4, -0.2) is 37.2 Å². The smallest absolute Gasteiger partial charge is 0.410 e. The summed E-state index contributed by atoms with van der Waals surface area (Å²) in [6.45, 7) is 3.32. The number of hydrogen-bond donors (Lipinski definition) is 1. The Kier molecular flexibility index (Phi) is 4.21. The van der Waals surface area contributed by atoms with Gasteiger partial charge in [0.05, 0.1) is 0 Å². The number of carbonyl (C=O) groups is 1. The van der Waals surface area contributed by atoms with Gasteiger partial charge in [0.15, 0.2) is 0 Å². The third-order valence-electron chi connectivity index (χ3n) is 4.12. The fourth-order valence-corrected chi connectivity index (χ4v) is 2.97. The van der Waals surface area contributed by atoms with E-state index in [0.29, 0.717) is 5.75 Å². The Morgan fingerprint density at radius 3 is 2.80 bits per heavy atom. The molecule has 1 N–H and O–H groups in total. The molecule has 1 aliphatic carbocycles. The summed E-state index contributed by atoms with van der Waals surface area (Å²) in [5.74, 6) is 0.688. The Morgan fingerprint density at radius 2 is 1.90 bits per heavy atom. The number of amides is 1. The predicted molar refractivity (Wildman–Crippen MR) is 78.2 cm³/mol. The van der Waals surface area contributed by atoms with E-state index in [1.54, 1.807) is 4.90 Å². The molecule has 0 bridgehead atoms. The minimum atomic E-state index is -0.218. The van der Waals surface area contributed by atoms with Gasteiger partial charge in [-0.1, -0.05) is 6.07 Å². The van der Waals surface area contributed by atoms with Crippen molar-refractivity contribution in [1.82, 2.24) is 10.2 Å². The molecule has 0 radical (unpaired) electrons. The maximum Gasteiger partial charge on any atom is 0.415 e. The molecule has 1 aliphatic heterocycles. The van der Waals surface area contributed by atoms with E-state index < -0.39 is 0 Å². The van der Waals surface area contributed by atoms with Gasteiger partial charge in [-0.2, -0.15) is 0 Å². The van der Waals surface area contributed by atoms with Crippen molar-refractivity contribution < 1.29 is 9.53 Å². The first-order valence-electron chi connectivity index (χ1n) is 7.62. The third kappa shape index (κ3) is 3.12. The number of carbonyl (C=O) groups excluding carboxylic acids is 1. The highest BCUT2D eigenvalue weighted by Crippen LogP contribution is 2.25. The van der Waals surface area contributed by atoms with Crippen LogP contribution in [-0.2, 0) is 12.8 Å². The Bertz CT molecular complexity index is 479. The van der Waals surface area contributed by atoms with Crippen molar-refractivity contribution in [3.05, 3.63) is 29.3 Å². The van der Waals surface area contributed by atoms with E-state index >= 15 is 0 Å². The maximum absolute atomic E-state index is 12.2. The van der Waals surface area contributed by atoms with Gasteiger partial charge in [-0.3, -0.25) is 0 Å². The van der Waals surface area contributed by atoms with Gasteiger partial charge >= 0.3 is 6.09 Å². The number of hydrogen-bond acceptors (Lipinski definition) is 3. The summed E-state index contributed by atoms with van der Waals surface area (Å²) < 4.78 is 5.53. The molecule has 2 aliphatic rings. The van der Waals surface area contributed by atoms with Crippen molar-refractivity contribution in [1.29, 1.82) is 0 Å². The summed E-state index contributed by atoms with van der Waals surface area (Å²) in [5.41, 5.74) is 2.76. The largest absolute Gasteiger partial charge is 0.415 e. The lowest BCUT2D eigenvalue weighted by Gasteiger charge is -2.20. The van der Waals surface area contributed by atoms with Gasteiger partial charge in [0.1, 0.15) is 5.75 Å². The summed E-state index contributed by atoms with van der Waals surface area (Å²) in [5, 5.41) is 3.29. The van der Waals surface area contributed by atoms with Crippen molar-refractivity contribution in [2.75, 3.05) is 26.2 Å². The summed E-state index contributed by atoms with van der Waals surface area (Å²) >= 11 is 0. The van der Waals surface area contributed by atoms with Crippen LogP contribution in [0.4, 0.5) is 4.79 Å². The topological polar surface area (TPSA) is 41.6 Å². The average molecular weight is 274 g/mol. The van der Waals surface area contributed by atoms with Gasteiger partial charge in [-0.05, 0) is 61.9 Å². The SMILES string of the molecule is O=C(Oc1ccc2c(c1)CCCC2)N1CCCNCC1. The molecule has 108 valence electrons. The first-order chi connectivity index (χ1) is 9.83. The summed E-state index contributed by atoms with van der Waals surface area (Å²) in [6.07, 6.45) is 5.54. The number of fused-ring (bicyclic) bond motifs is 1. The molecule has 1 aromatic carbocycles. The molecule has 0 aromatic heterocycles. The zero-order valence-electron chi connectivity index (χ0n) is 11.9. The second-order valence-electron chi connectivity index (χ2n) is 5.60. The van der Waals surface area contributed by atoms with Gasteiger partial charge in [0, 0.05) is 19.6 Å². The fraction of sp³-hybridized carbons (Fsp3) is 0.562. The Balaban J connectivity index is 1.66. The number of nitrogens with zero attached hydrogens (tertiary/aromatic N) is 1. The van der Waals surface area contributed by atoms with Gasteiger partial charge in [0.2, 0.25) is 0 Å². The Hall–Kier alpha value is -1.55. The first-order valence-corrected chi connectivity index (χ1v) is 7.62. The highest BCUT2D eigenvalue weighted by molar-refractivity contribution is 5.70. The number of ether oxygens (including phenoxy) is 1. The van der Waals surface area contributed by atoms with E-state index in [2.05, 4.69) is 11.4 Å².